The Labute approximate surface area is 86.5 Å². The first-order valence-electron chi connectivity index (χ1n) is 4.28. The number of rotatable bonds is 3. The van der Waals surface area contributed by atoms with Gasteiger partial charge in [0.2, 0.25) is 0 Å². The standard InChI is InChI=1S/C8H15N2O2P2/c1-5-10-6(11)8(13-2,14(3)4)9-7(10)12/h7,9,12H,2-3,5H2,1,4H3/q+1. The molecule has 0 aromatic carbocycles. The minimum absolute atomic E-state index is 0.0900. The van der Waals surface area contributed by atoms with Crippen LogP contribution in [0.3, 0.4) is 0 Å². The highest BCUT2D eigenvalue weighted by molar-refractivity contribution is 7.69. The highest BCUT2D eigenvalue weighted by Crippen LogP contribution is 2.46. The molecule has 0 saturated carbocycles. The summed E-state index contributed by atoms with van der Waals surface area (Å²) < 4.78 is 0. The molecule has 1 aliphatic heterocycles. The topological polar surface area (TPSA) is 52.6 Å². The van der Waals surface area contributed by atoms with E-state index < -0.39 is 18.9 Å². The maximum atomic E-state index is 12.0. The van der Waals surface area contributed by atoms with Gasteiger partial charge in [-0.25, -0.2) is 5.32 Å². The molecule has 4 nitrogen and oxygen atoms in total. The first-order chi connectivity index (χ1) is 6.49. The van der Waals surface area contributed by atoms with Crippen molar-refractivity contribution in [2.24, 2.45) is 0 Å². The average Bonchev–Trinajstić information content (AvgIpc) is 2.38. The van der Waals surface area contributed by atoms with E-state index in [4.69, 9.17) is 0 Å². The van der Waals surface area contributed by atoms with Gasteiger partial charge in [-0.3, -0.25) is 9.69 Å². The summed E-state index contributed by atoms with van der Waals surface area (Å²) in [4.78, 5) is 13.4. The van der Waals surface area contributed by atoms with Gasteiger partial charge in [0.15, 0.2) is 6.35 Å². The maximum Gasteiger partial charge on any atom is 0.301 e. The summed E-state index contributed by atoms with van der Waals surface area (Å²) in [5, 5.41) is 11.8. The Balaban J connectivity index is 3.09. The third-order valence-electron chi connectivity index (χ3n) is 2.31. The van der Waals surface area contributed by atoms with Crippen molar-refractivity contribution in [3.8, 4) is 0 Å². The number of aliphatic hydroxyl groups is 1. The third-order valence-corrected chi connectivity index (χ3v) is 5.96. The van der Waals surface area contributed by atoms with Crippen molar-refractivity contribution < 1.29 is 9.90 Å². The lowest BCUT2D eigenvalue weighted by atomic mass is 10.5. The number of hydrogen-bond donors (Lipinski definition) is 2. The van der Waals surface area contributed by atoms with Crippen molar-refractivity contribution in [1.82, 2.24) is 10.2 Å². The van der Waals surface area contributed by atoms with Crippen molar-refractivity contribution >= 4 is 34.3 Å². The molecule has 0 radical (unpaired) electrons. The van der Waals surface area contributed by atoms with Crippen LogP contribution in [0.15, 0.2) is 0 Å². The van der Waals surface area contributed by atoms with Gasteiger partial charge in [0.25, 0.3) is 5.02 Å². The number of likely N-dealkylation sites (N-methyl/N-ethyl adjacent to an activating group) is 1. The molecular weight excluding hydrogens is 218 g/mol. The van der Waals surface area contributed by atoms with E-state index in [1.54, 1.807) is 0 Å². The lowest BCUT2D eigenvalue weighted by Crippen LogP contribution is -2.38. The second kappa shape index (κ2) is 4.08. The molecule has 1 saturated heterocycles. The Morgan fingerprint density at radius 1 is 1.86 bits per heavy atom. The van der Waals surface area contributed by atoms with Gasteiger partial charge in [0, 0.05) is 6.54 Å². The minimum Gasteiger partial charge on any atom is -0.361 e. The molecule has 0 aliphatic carbocycles. The number of carbonyl (C=O) groups is 1. The zero-order chi connectivity index (χ0) is 10.9. The molecule has 3 unspecified atom stereocenters. The fourth-order valence-corrected chi connectivity index (χ4v) is 3.68. The van der Waals surface area contributed by atoms with Crippen LogP contribution in [0.1, 0.15) is 6.92 Å². The van der Waals surface area contributed by atoms with Gasteiger partial charge in [0.05, 0.1) is 13.0 Å². The molecule has 0 aromatic heterocycles. The Morgan fingerprint density at radius 2 is 2.43 bits per heavy atom. The van der Waals surface area contributed by atoms with Crippen molar-refractivity contribution in [2.75, 3.05) is 13.2 Å². The first kappa shape index (κ1) is 11.8. The number of nitrogens with zero attached hydrogens (tertiary/aromatic N) is 1. The van der Waals surface area contributed by atoms with Crippen LogP contribution >= 0.6 is 15.7 Å². The molecule has 0 bridgehead atoms. The highest BCUT2D eigenvalue weighted by Gasteiger charge is 2.56. The van der Waals surface area contributed by atoms with E-state index in [1.165, 1.54) is 4.90 Å². The second-order valence-corrected chi connectivity index (χ2v) is 6.54. The predicted octanol–water partition coefficient (Wildman–Crippen LogP) is 0.290. The van der Waals surface area contributed by atoms with E-state index in [0.29, 0.717) is 14.7 Å². The van der Waals surface area contributed by atoms with Crippen molar-refractivity contribution in [3.05, 3.63) is 0 Å². The molecule has 1 amide bonds. The SMILES string of the molecule is C=PC1([P+](=C)C)NC(O)N(CC)C1=O. The average molecular weight is 233 g/mol. The third kappa shape index (κ3) is 1.53. The molecule has 14 heavy (non-hydrogen) atoms. The molecule has 1 heterocycles. The number of aliphatic hydroxyl groups excluding tert-OH is 1. The Hall–Kier alpha value is -0.270. The molecular formula is C8H15N2O2P2+. The predicted molar refractivity (Wildman–Crippen MR) is 63.3 cm³/mol. The number of amides is 1. The summed E-state index contributed by atoms with van der Waals surface area (Å²) >= 11 is 0. The number of hydrogen-bond acceptors (Lipinski definition) is 3. The quantitative estimate of drug-likeness (QED) is 0.689. The normalized spacial score (nSPS) is 33.9. The molecule has 3 atom stereocenters. The summed E-state index contributed by atoms with van der Waals surface area (Å²) in [7, 11) is -0.0993. The molecule has 2 N–H and O–H groups in total. The van der Waals surface area contributed by atoms with Gasteiger partial charge in [-0.1, -0.05) is 6.30 Å². The van der Waals surface area contributed by atoms with Gasteiger partial charge in [0.1, 0.15) is 7.55 Å². The van der Waals surface area contributed by atoms with E-state index in [9.17, 15) is 9.90 Å². The molecule has 1 aliphatic rings. The molecule has 6 heteroatoms. The summed E-state index contributed by atoms with van der Waals surface area (Å²) in [6.07, 6.45) is 6.76. The second-order valence-electron chi connectivity index (χ2n) is 3.14. The molecule has 1 fully saturated rings. The van der Waals surface area contributed by atoms with Crippen LogP contribution in [0.25, 0.3) is 0 Å². The van der Waals surface area contributed by atoms with Gasteiger partial charge in [-0.2, -0.15) is 0 Å². The van der Waals surface area contributed by atoms with Crippen molar-refractivity contribution in [3.63, 3.8) is 0 Å². The summed E-state index contributed by atoms with van der Waals surface area (Å²) in [5.74, 6) is -0.0900. The summed E-state index contributed by atoms with van der Waals surface area (Å²) in [5.41, 5.74) is 0. The smallest absolute Gasteiger partial charge is 0.301 e. The highest BCUT2D eigenvalue weighted by atomic mass is 31.1. The lowest BCUT2D eigenvalue weighted by Gasteiger charge is -2.15. The first-order valence-corrected chi connectivity index (χ1v) is 7.34. The summed E-state index contributed by atoms with van der Waals surface area (Å²) in [6.45, 7) is 4.23. The van der Waals surface area contributed by atoms with Crippen LogP contribution < -0.4 is 5.32 Å². The van der Waals surface area contributed by atoms with Gasteiger partial charge in [-0.05, 0) is 15.1 Å². The maximum absolute atomic E-state index is 12.0. The van der Waals surface area contributed by atoms with Crippen LogP contribution in [0.5, 0.6) is 0 Å². The number of carbonyl (C=O) groups excluding carboxylic acids is 1. The molecule has 1 rings (SSSR count). The van der Waals surface area contributed by atoms with Crippen molar-refractivity contribution in [1.29, 1.82) is 0 Å². The van der Waals surface area contributed by atoms with E-state index >= 15 is 0 Å². The summed E-state index contributed by atoms with van der Waals surface area (Å²) in [6, 6.07) is 0. The fraction of sp³-hybridized carbons (Fsp3) is 0.625. The van der Waals surface area contributed by atoms with Gasteiger partial charge >= 0.3 is 5.91 Å². The largest absolute Gasteiger partial charge is 0.361 e. The van der Waals surface area contributed by atoms with Crippen molar-refractivity contribution in [2.45, 2.75) is 18.3 Å². The zero-order valence-electron chi connectivity index (χ0n) is 8.40. The molecule has 0 spiro atoms. The fourth-order valence-electron chi connectivity index (χ4n) is 1.45. The zero-order valence-corrected chi connectivity index (χ0v) is 10.2. The van der Waals surface area contributed by atoms with Crippen LogP contribution in [0.4, 0.5) is 0 Å². The Bertz CT molecular complexity index is 295. The van der Waals surface area contributed by atoms with Gasteiger partial charge < -0.3 is 5.11 Å². The van der Waals surface area contributed by atoms with Crippen LogP contribution in [0.2, 0.25) is 0 Å². The van der Waals surface area contributed by atoms with Crippen LogP contribution in [-0.2, 0) is 4.79 Å². The molecule has 0 aromatic rings. The molecule has 78 valence electrons. The van der Waals surface area contributed by atoms with E-state index in [1.807, 2.05) is 13.6 Å². The van der Waals surface area contributed by atoms with Crippen LogP contribution in [-0.4, -0.2) is 53.1 Å². The van der Waals surface area contributed by atoms with E-state index in [2.05, 4.69) is 17.9 Å². The van der Waals surface area contributed by atoms with E-state index in [-0.39, 0.29) is 5.91 Å². The van der Waals surface area contributed by atoms with E-state index in [0.717, 1.165) is 0 Å². The Morgan fingerprint density at radius 3 is 2.64 bits per heavy atom. The number of nitrogens with one attached hydrogen (secondary N) is 1. The Kier molecular flexibility index (Phi) is 3.44. The van der Waals surface area contributed by atoms with Gasteiger partial charge in [-0.15, -0.1) is 0 Å². The minimum atomic E-state index is -0.895. The lowest BCUT2D eigenvalue weighted by molar-refractivity contribution is -0.133. The van der Waals surface area contributed by atoms with Crippen LogP contribution in [0, 0.1) is 0 Å². The monoisotopic (exact) mass is 233 g/mol.